The number of hydrogen-bond acceptors (Lipinski definition) is 3. The monoisotopic (exact) mass is 331 g/mol. The van der Waals surface area contributed by atoms with E-state index in [0.29, 0.717) is 21.8 Å². The Morgan fingerprint density at radius 3 is 2.26 bits per heavy atom. The zero-order chi connectivity index (χ0) is 16.8. The normalized spacial score (nSPS) is 10.1. The lowest BCUT2D eigenvalue weighted by atomic mass is 10.0. The third-order valence-corrected chi connectivity index (χ3v) is 3.37. The minimum Gasteiger partial charge on any atom is -0.481 e. The van der Waals surface area contributed by atoms with E-state index in [0.717, 1.165) is 0 Å². The van der Waals surface area contributed by atoms with E-state index in [-0.39, 0.29) is 18.6 Å². The highest BCUT2D eigenvalue weighted by Crippen LogP contribution is 2.20. The van der Waals surface area contributed by atoms with E-state index >= 15 is 0 Å². The molecule has 0 atom stereocenters. The molecule has 0 bridgehead atoms. The lowest BCUT2D eigenvalue weighted by Crippen LogP contribution is -2.16. The van der Waals surface area contributed by atoms with Crippen molar-refractivity contribution < 1.29 is 19.5 Å². The molecule has 2 N–H and O–H groups in total. The first-order valence-electron chi connectivity index (χ1n) is 6.88. The van der Waals surface area contributed by atoms with Gasteiger partial charge in [0, 0.05) is 22.6 Å². The Labute approximate surface area is 137 Å². The van der Waals surface area contributed by atoms with Gasteiger partial charge >= 0.3 is 5.97 Å². The lowest BCUT2D eigenvalue weighted by Gasteiger charge is -2.10. The minimum absolute atomic E-state index is 0.154. The minimum atomic E-state index is -1.05. The Kier molecular flexibility index (Phi) is 5.49. The molecule has 23 heavy (non-hydrogen) atoms. The van der Waals surface area contributed by atoms with Crippen LogP contribution in [0.5, 0.6) is 0 Å². The van der Waals surface area contributed by atoms with Crippen molar-refractivity contribution in [1.29, 1.82) is 0 Å². The number of benzene rings is 2. The number of carbonyl (C=O) groups is 3. The second-order valence-corrected chi connectivity index (χ2v) is 5.26. The Bertz CT molecular complexity index is 741. The Morgan fingerprint density at radius 1 is 0.957 bits per heavy atom. The van der Waals surface area contributed by atoms with Gasteiger partial charge in [0.2, 0.25) is 5.91 Å². The summed E-state index contributed by atoms with van der Waals surface area (Å²) in [7, 11) is 0. The number of rotatable bonds is 6. The second-order valence-electron chi connectivity index (χ2n) is 4.82. The van der Waals surface area contributed by atoms with Crippen LogP contribution in [-0.4, -0.2) is 22.8 Å². The van der Waals surface area contributed by atoms with Gasteiger partial charge in [-0.25, -0.2) is 0 Å². The van der Waals surface area contributed by atoms with Gasteiger partial charge < -0.3 is 10.4 Å². The summed E-state index contributed by atoms with van der Waals surface area (Å²) in [5.41, 5.74) is 1.13. The molecule has 0 unspecified atom stereocenters. The van der Waals surface area contributed by atoms with Crippen LogP contribution in [0.2, 0.25) is 5.02 Å². The van der Waals surface area contributed by atoms with Crippen LogP contribution in [0.1, 0.15) is 28.8 Å². The number of halogens is 1. The van der Waals surface area contributed by atoms with Crippen LogP contribution in [0, 0.1) is 0 Å². The van der Waals surface area contributed by atoms with Crippen molar-refractivity contribution in [1.82, 2.24) is 0 Å². The fourth-order valence-electron chi connectivity index (χ4n) is 1.98. The standard InChI is InChI=1S/C17H14ClNO4/c18-12-7-5-11(6-8-12)17(23)13-3-1-2-4-14(13)19-15(20)9-10-16(21)22/h1-8H,9-10H2,(H,19,20)(H,21,22). The van der Waals surface area contributed by atoms with Crippen molar-refractivity contribution >= 4 is 34.9 Å². The number of anilines is 1. The van der Waals surface area contributed by atoms with Gasteiger partial charge in [0.25, 0.3) is 0 Å². The first-order chi connectivity index (χ1) is 11.0. The molecule has 118 valence electrons. The molecule has 0 heterocycles. The van der Waals surface area contributed by atoms with Crippen LogP contribution in [0.25, 0.3) is 0 Å². The fourth-order valence-corrected chi connectivity index (χ4v) is 2.11. The highest BCUT2D eigenvalue weighted by atomic mass is 35.5. The number of carbonyl (C=O) groups excluding carboxylic acids is 2. The smallest absolute Gasteiger partial charge is 0.303 e. The SMILES string of the molecule is O=C(O)CCC(=O)Nc1ccccc1C(=O)c1ccc(Cl)cc1. The summed E-state index contributed by atoms with van der Waals surface area (Å²) in [5, 5.41) is 11.7. The van der Waals surface area contributed by atoms with Gasteiger partial charge in [-0.2, -0.15) is 0 Å². The second kappa shape index (κ2) is 7.56. The molecule has 2 aromatic carbocycles. The van der Waals surface area contributed by atoms with E-state index in [1.54, 1.807) is 48.5 Å². The average molecular weight is 332 g/mol. The van der Waals surface area contributed by atoms with Crippen LogP contribution < -0.4 is 5.32 Å². The lowest BCUT2D eigenvalue weighted by molar-refractivity contribution is -0.138. The van der Waals surface area contributed by atoms with Gasteiger partial charge in [0.15, 0.2) is 5.78 Å². The summed E-state index contributed by atoms with van der Waals surface area (Å²) in [6, 6.07) is 13.0. The molecule has 0 aliphatic heterocycles. The fraction of sp³-hybridized carbons (Fsp3) is 0.118. The molecule has 1 amide bonds. The Balaban J connectivity index is 2.20. The molecule has 0 radical (unpaired) electrons. The summed E-state index contributed by atoms with van der Waals surface area (Å²) in [4.78, 5) is 34.8. The summed E-state index contributed by atoms with van der Waals surface area (Å²) in [5.74, 6) is -1.76. The molecular weight excluding hydrogens is 318 g/mol. The largest absolute Gasteiger partial charge is 0.481 e. The van der Waals surface area contributed by atoms with Crippen LogP contribution in [0.4, 0.5) is 5.69 Å². The number of ketones is 1. The molecule has 0 saturated heterocycles. The summed E-state index contributed by atoms with van der Waals surface area (Å²) in [6.45, 7) is 0. The maximum absolute atomic E-state index is 12.5. The summed E-state index contributed by atoms with van der Waals surface area (Å²) >= 11 is 5.81. The quantitative estimate of drug-likeness (QED) is 0.795. The molecule has 0 fully saturated rings. The molecule has 0 saturated carbocycles. The van der Waals surface area contributed by atoms with E-state index in [2.05, 4.69) is 5.32 Å². The number of carboxylic acid groups (broad SMARTS) is 1. The maximum Gasteiger partial charge on any atom is 0.303 e. The first kappa shape index (κ1) is 16.7. The van der Waals surface area contributed by atoms with Crippen LogP contribution in [0.15, 0.2) is 48.5 Å². The van der Waals surface area contributed by atoms with Gasteiger partial charge in [-0.15, -0.1) is 0 Å². The number of hydrogen-bond donors (Lipinski definition) is 2. The molecule has 0 aliphatic rings. The zero-order valence-corrected chi connectivity index (χ0v) is 12.8. The van der Waals surface area contributed by atoms with E-state index in [1.165, 1.54) is 0 Å². The van der Waals surface area contributed by atoms with Gasteiger partial charge in [0.05, 0.1) is 12.1 Å². The molecule has 0 aromatic heterocycles. The topological polar surface area (TPSA) is 83.5 Å². The Hall–Kier alpha value is -2.66. The molecule has 0 spiro atoms. The van der Waals surface area contributed by atoms with Crippen LogP contribution in [-0.2, 0) is 9.59 Å². The predicted octanol–water partition coefficient (Wildman–Crippen LogP) is 3.37. The number of amides is 1. The third kappa shape index (κ3) is 4.66. The third-order valence-electron chi connectivity index (χ3n) is 3.12. The van der Waals surface area contributed by atoms with Crippen molar-refractivity contribution in [2.45, 2.75) is 12.8 Å². The van der Waals surface area contributed by atoms with Crippen LogP contribution >= 0.6 is 11.6 Å². The van der Waals surface area contributed by atoms with E-state index in [9.17, 15) is 14.4 Å². The molecule has 2 aromatic rings. The number of para-hydroxylation sites is 1. The molecule has 5 nitrogen and oxygen atoms in total. The molecule has 2 rings (SSSR count). The molecule has 6 heteroatoms. The summed E-state index contributed by atoms with van der Waals surface area (Å²) < 4.78 is 0. The van der Waals surface area contributed by atoms with Crippen molar-refractivity contribution in [2.24, 2.45) is 0 Å². The van der Waals surface area contributed by atoms with Crippen molar-refractivity contribution in [3.8, 4) is 0 Å². The van der Waals surface area contributed by atoms with E-state index in [4.69, 9.17) is 16.7 Å². The van der Waals surface area contributed by atoms with Crippen molar-refractivity contribution in [3.05, 3.63) is 64.7 Å². The highest BCUT2D eigenvalue weighted by molar-refractivity contribution is 6.30. The highest BCUT2D eigenvalue weighted by Gasteiger charge is 2.15. The molecule has 0 aliphatic carbocycles. The number of aliphatic carboxylic acids is 1. The Morgan fingerprint density at radius 2 is 1.61 bits per heavy atom. The maximum atomic E-state index is 12.5. The van der Waals surface area contributed by atoms with E-state index < -0.39 is 11.9 Å². The number of nitrogens with one attached hydrogen (secondary N) is 1. The van der Waals surface area contributed by atoms with Gasteiger partial charge in [-0.1, -0.05) is 23.7 Å². The average Bonchev–Trinajstić information content (AvgIpc) is 2.53. The van der Waals surface area contributed by atoms with Gasteiger partial charge in [-0.05, 0) is 36.4 Å². The van der Waals surface area contributed by atoms with Crippen molar-refractivity contribution in [2.75, 3.05) is 5.32 Å². The summed E-state index contributed by atoms with van der Waals surface area (Å²) in [6.07, 6.45) is -0.419. The molecular formula is C17H14ClNO4. The van der Waals surface area contributed by atoms with Gasteiger partial charge in [-0.3, -0.25) is 14.4 Å². The number of carboxylic acids is 1. The predicted molar refractivity (Wildman–Crippen MR) is 86.8 cm³/mol. The zero-order valence-electron chi connectivity index (χ0n) is 12.1. The van der Waals surface area contributed by atoms with Crippen LogP contribution in [0.3, 0.4) is 0 Å². The van der Waals surface area contributed by atoms with E-state index in [1.807, 2.05) is 0 Å². The van der Waals surface area contributed by atoms with Crippen molar-refractivity contribution in [3.63, 3.8) is 0 Å². The van der Waals surface area contributed by atoms with Gasteiger partial charge in [0.1, 0.15) is 0 Å². The first-order valence-corrected chi connectivity index (χ1v) is 7.26.